The number of hydrogen-bond donors (Lipinski definition) is 1. The van der Waals surface area contributed by atoms with Crippen molar-refractivity contribution in [3.05, 3.63) is 42.1 Å². The summed E-state index contributed by atoms with van der Waals surface area (Å²) < 4.78 is 7.94. The maximum absolute atomic E-state index is 11.7. The summed E-state index contributed by atoms with van der Waals surface area (Å²) in [6, 6.07) is 9.43. The van der Waals surface area contributed by atoms with Crippen LogP contribution in [0.4, 0.5) is 0 Å². The molecule has 3 aromatic rings. The molecule has 4 nitrogen and oxygen atoms in total. The third-order valence-corrected chi connectivity index (χ3v) is 4.12. The van der Waals surface area contributed by atoms with Gasteiger partial charge in [-0.1, -0.05) is 37.6 Å². The standard InChI is InChI=1S/C19H21NO3/c1-3-5-10-20-12-17(23-4-2)16-11-15(19(21)22)13-8-6-7-9-14(13)18(16)20/h6-9,11-12H,3-5,10H2,1-2H3,(H,21,22). The van der Waals surface area contributed by atoms with Gasteiger partial charge in [-0.2, -0.15) is 0 Å². The molecule has 120 valence electrons. The predicted octanol–water partition coefficient (Wildman–Crippen LogP) is 4.69. The highest BCUT2D eigenvalue weighted by Gasteiger charge is 2.18. The Morgan fingerprint density at radius 3 is 2.57 bits per heavy atom. The van der Waals surface area contributed by atoms with Gasteiger partial charge in [0.15, 0.2) is 0 Å². The Balaban J connectivity index is 2.38. The smallest absolute Gasteiger partial charge is 0.336 e. The number of ether oxygens (including phenoxy) is 1. The number of rotatable bonds is 6. The first-order chi connectivity index (χ1) is 11.2. The number of fused-ring (bicyclic) bond motifs is 3. The van der Waals surface area contributed by atoms with Crippen molar-refractivity contribution in [2.75, 3.05) is 6.61 Å². The molecule has 1 heterocycles. The number of carboxylic acid groups (broad SMARTS) is 1. The maximum Gasteiger partial charge on any atom is 0.336 e. The summed E-state index contributed by atoms with van der Waals surface area (Å²) >= 11 is 0. The molecular formula is C19H21NO3. The normalized spacial score (nSPS) is 11.2. The molecule has 0 spiro atoms. The second-order valence-corrected chi connectivity index (χ2v) is 5.64. The fourth-order valence-electron chi connectivity index (χ4n) is 3.09. The van der Waals surface area contributed by atoms with E-state index in [-0.39, 0.29) is 0 Å². The van der Waals surface area contributed by atoms with Gasteiger partial charge in [-0.25, -0.2) is 4.79 Å². The molecule has 3 rings (SSSR count). The highest BCUT2D eigenvalue weighted by molar-refractivity contribution is 6.16. The van der Waals surface area contributed by atoms with E-state index < -0.39 is 5.97 Å². The zero-order chi connectivity index (χ0) is 16.4. The molecule has 0 aliphatic carbocycles. The Labute approximate surface area is 135 Å². The van der Waals surface area contributed by atoms with E-state index in [0.717, 1.165) is 46.8 Å². The van der Waals surface area contributed by atoms with Crippen LogP contribution in [-0.2, 0) is 6.54 Å². The number of carbonyl (C=O) groups is 1. The van der Waals surface area contributed by atoms with E-state index >= 15 is 0 Å². The molecule has 4 heteroatoms. The largest absolute Gasteiger partial charge is 0.492 e. The Morgan fingerprint density at radius 1 is 1.17 bits per heavy atom. The van der Waals surface area contributed by atoms with Crippen molar-refractivity contribution in [1.29, 1.82) is 0 Å². The molecule has 1 N–H and O–H groups in total. The average Bonchev–Trinajstić information content (AvgIpc) is 2.90. The number of carboxylic acids is 1. The minimum Gasteiger partial charge on any atom is -0.492 e. The van der Waals surface area contributed by atoms with Gasteiger partial charge in [0, 0.05) is 23.5 Å². The fraction of sp³-hybridized carbons (Fsp3) is 0.316. The van der Waals surface area contributed by atoms with Crippen LogP contribution in [0.25, 0.3) is 21.7 Å². The first-order valence-electron chi connectivity index (χ1n) is 8.08. The molecule has 0 aliphatic rings. The van der Waals surface area contributed by atoms with Crippen LogP contribution in [0.5, 0.6) is 5.75 Å². The quantitative estimate of drug-likeness (QED) is 0.718. The van der Waals surface area contributed by atoms with Crippen LogP contribution in [0.15, 0.2) is 36.5 Å². The zero-order valence-electron chi connectivity index (χ0n) is 13.5. The van der Waals surface area contributed by atoms with Gasteiger partial charge >= 0.3 is 5.97 Å². The molecule has 1 aromatic heterocycles. The molecule has 23 heavy (non-hydrogen) atoms. The first kappa shape index (κ1) is 15.4. The topological polar surface area (TPSA) is 51.5 Å². The van der Waals surface area contributed by atoms with Crippen molar-refractivity contribution in [2.45, 2.75) is 33.2 Å². The molecular weight excluding hydrogens is 290 g/mol. The monoisotopic (exact) mass is 311 g/mol. The molecule has 0 unspecified atom stereocenters. The molecule has 0 saturated carbocycles. The average molecular weight is 311 g/mol. The van der Waals surface area contributed by atoms with E-state index in [0.29, 0.717) is 12.2 Å². The molecule has 0 aliphatic heterocycles. The van der Waals surface area contributed by atoms with E-state index in [9.17, 15) is 9.90 Å². The first-order valence-corrected chi connectivity index (χ1v) is 8.08. The Bertz CT molecular complexity index is 864. The molecule has 0 saturated heterocycles. The predicted molar refractivity (Wildman–Crippen MR) is 92.5 cm³/mol. The zero-order valence-corrected chi connectivity index (χ0v) is 13.5. The third kappa shape index (κ3) is 2.65. The molecule has 0 amide bonds. The number of aromatic carboxylic acids is 1. The second kappa shape index (κ2) is 6.32. The lowest BCUT2D eigenvalue weighted by molar-refractivity contribution is 0.0699. The minimum absolute atomic E-state index is 0.322. The summed E-state index contributed by atoms with van der Waals surface area (Å²) in [5.41, 5.74) is 1.38. The number of aromatic nitrogens is 1. The third-order valence-electron chi connectivity index (χ3n) is 4.12. The number of aryl methyl sites for hydroxylation is 1. The van der Waals surface area contributed by atoms with Gasteiger partial charge in [0.1, 0.15) is 5.75 Å². The minimum atomic E-state index is -0.910. The highest BCUT2D eigenvalue weighted by atomic mass is 16.5. The van der Waals surface area contributed by atoms with Gasteiger partial charge in [-0.15, -0.1) is 0 Å². The lowest BCUT2D eigenvalue weighted by Gasteiger charge is -2.09. The van der Waals surface area contributed by atoms with Gasteiger partial charge in [0.25, 0.3) is 0 Å². The van der Waals surface area contributed by atoms with E-state index in [1.54, 1.807) is 6.07 Å². The number of benzene rings is 2. The molecule has 0 bridgehead atoms. The van der Waals surface area contributed by atoms with Crippen molar-refractivity contribution in [3.8, 4) is 5.75 Å². The van der Waals surface area contributed by atoms with Crippen LogP contribution in [0, 0.1) is 0 Å². The van der Waals surface area contributed by atoms with E-state index in [2.05, 4.69) is 11.5 Å². The van der Waals surface area contributed by atoms with E-state index in [4.69, 9.17) is 4.74 Å². The van der Waals surface area contributed by atoms with Crippen LogP contribution >= 0.6 is 0 Å². The molecule has 0 radical (unpaired) electrons. The Morgan fingerprint density at radius 2 is 1.91 bits per heavy atom. The summed E-state index contributed by atoms with van der Waals surface area (Å²) in [6.45, 7) is 5.56. The van der Waals surface area contributed by atoms with E-state index in [1.807, 2.05) is 37.4 Å². The summed E-state index contributed by atoms with van der Waals surface area (Å²) in [6.07, 6.45) is 4.18. The van der Waals surface area contributed by atoms with Crippen molar-refractivity contribution >= 4 is 27.6 Å². The van der Waals surface area contributed by atoms with Gasteiger partial charge < -0.3 is 14.4 Å². The van der Waals surface area contributed by atoms with Crippen LogP contribution in [0.3, 0.4) is 0 Å². The van der Waals surface area contributed by atoms with E-state index in [1.165, 1.54) is 0 Å². The van der Waals surface area contributed by atoms with Crippen LogP contribution in [-0.4, -0.2) is 22.2 Å². The SMILES string of the molecule is CCCCn1cc(OCC)c2cc(C(=O)O)c3ccccc3c21. The van der Waals surface area contributed by atoms with Crippen LogP contribution < -0.4 is 4.74 Å². The fourth-order valence-corrected chi connectivity index (χ4v) is 3.09. The Kier molecular flexibility index (Phi) is 4.24. The number of unbranched alkanes of at least 4 members (excludes halogenated alkanes) is 1. The maximum atomic E-state index is 11.7. The van der Waals surface area contributed by atoms with Crippen LogP contribution in [0.1, 0.15) is 37.0 Å². The summed E-state index contributed by atoms with van der Waals surface area (Å²) in [5.74, 6) is -0.154. The molecule has 0 atom stereocenters. The van der Waals surface area contributed by atoms with Gasteiger partial charge in [-0.3, -0.25) is 0 Å². The van der Waals surface area contributed by atoms with Crippen molar-refractivity contribution in [2.24, 2.45) is 0 Å². The molecule has 0 fully saturated rings. The lowest BCUT2D eigenvalue weighted by Crippen LogP contribution is -2.00. The molecule has 2 aromatic carbocycles. The number of hydrogen-bond acceptors (Lipinski definition) is 2. The van der Waals surface area contributed by atoms with Gasteiger partial charge in [0.05, 0.1) is 17.7 Å². The summed E-state index contributed by atoms with van der Waals surface area (Å²) in [5, 5.41) is 12.2. The lowest BCUT2D eigenvalue weighted by atomic mass is 10.0. The summed E-state index contributed by atoms with van der Waals surface area (Å²) in [7, 11) is 0. The van der Waals surface area contributed by atoms with Gasteiger partial charge in [-0.05, 0) is 24.8 Å². The highest BCUT2D eigenvalue weighted by Crippen LogP contribution is 2.36. The second-order valence-electron chi connectivity index (χ2n) is 5.64. The van der Waals surface area contributed by atoms with Crippen LogP contribution in [0.2, 0.25) is 0 Å². The Hall–Kier alpha value is -2.49. The van der Waals surface area contributed by atoms with Crippen molar-refractivity contribution in [3.63, 3.8) is 0 Å². The van der Waals surface area contributed by atoms with Crippen molar-refractivity contribution in [1.82, 2.24) is 4.57 Å². The number of nitrogens with zero attached hydrogens (tertiary/aromatic N) is 1. The van der Waals surface area contributed by atoms with Gasteiger partial charge in [0.2, 0.25) is 0 Å². The summed E-state index contributed by atoms with van der Waals surface area (Å²) in [4.78, 5) is 11.7. The van der Waals surface area contributed by atoms with Crippen molar-refractivity contribution < 1.29 is 14.6 Å².